The van der Waals surface area contributed by atoms with Crippen molar-refractivity contribution >= 4 is 29.0 Å². The largest absolute Gasteiger partial charge is 0.466 e. The average Bonchev–Trinajstić information content (AvgIpc) is 2.65. The lowest BCUT2D eigenvalue weighted by molar-refractivity contribution is -0.422. The van der Waals surface area contributed by atoms with Crippen LogP contribution in [-0.4, -0.2) is 49.3 Å². The minimum atomic E-state index is -0.921. The molecule has 0 aliphatic carbocycles. The Bertz CT molecular complexity index is 818. The Balaban J connectivity index is 2.63. The smallest absolute Gasteiger partial charge is 0.355 e. The molecule has 0 fully saturated rings. The van der Waals surface area contributed by atoms with E-state index in [0.29, 0.717) is 0 Å². The van der Waals surface area contributed by atoms with Gasteiger partial charge in [0.25, 0.3) is 0 Å². The van der Waals surface area contributed by atoms with Gasteiger partial charge in [0.1, 0.15) is 12.4 Å². The second-order valence-corrected chi connectivity index (χ2v) is 4.90. The summed E-state index contributed by atoms with van der Waals surface area (Å²) in [5, 5.41) is 22.1. The highest BCUT2D eigenvalue weighted by atomic mass is 16.6. The molecule has 2 rings (SSSR count). The van der Waals surface area contributed by atoms with E-state index in [-0.39, 0.29) is 30.3 Å². The number of anilines is 1. The number of nitro groups is 2. The van der Waals surface area contributed by atoms with Gasteiger partial charge in [-0.25, -0.2) is 9.59 Å². The van der Waals surface area contributed by atoms with Crippen molar-refractivity contribution in [3.63, 3.8) is 0 Å². The van der Waals surface area contributed by atoms with E-state index < -0.39 is 33.2 Å². The Kier molecular flexibility index (Phi) is 5.47. The number of hydrogen-bond acceptors (Lipinski definition) is 10. The molecule has 26 heavy (non-hydrogen) atoms. The molecular formula is C14H13N3O9. The molecule has 1 heterocycles. The maximum absolute atomic E-state index is 12.1. The fourth-order valence-electron chi connectivity index (χ4n) is 2.33. The van der Waals surface area contributed by atoms with Crippen LogP contribution in [0.3, 0.4) is 0 Å². The third-order valence-electron chi connectivity index (χ3n) is 3.50. The molecule has 1 aliphatic rings. The van der Waals surface area contributed by atoms with E-state index in [0.717, 1.165) is 31.3 Å². The number of benzene rings is 1. The molecule has 0 atom stereocenters. The predicted octanol–water partition coefficient (Wildman–Crippen LogP) is 0.897. The maximum atomic E-state index is 12.1. The van der Waals surface area contributed by atoms with Gasteiger partial charge < -0.3 is 19.1 Å². The van der Waals surface area contributed by atoms with E-state index in [9.17, 15) is 29.8 Å². The molecule has 0 aromatic heterocycles. The fraction of sp³-hybridized carbons (Fsp3) is 0.286. The molecule has 138 valence electrons. The van der Waals surface area contributed by atoms with Crippen LogP contribution in [0, 0.1) is 20.2 Å². The molecule has 1 aromatic rings. The van der Waals surface area contributed by atoms with Gasteiger partial charge in [-0.15, -0.1) is 0 Å². The normalized spacial score (nSPS) is 14.0. The third kappa shape index (κ3) is 3.44. The summed E-state index contributed by atoms with van der Waals surface area (Å²) >= 11 is 0. The van der Waals surface area contributed by atoms with E-state index in [1.54, 1.807) is 0 Å². The van der Waals surface area contributed by atoms with Crippen molar-refractivity contribution in [1.29, 1.82) is 0 Å². The van der Waals surface area contributed by atoms with Gasteiger partial charge >= 0.3 is 23.3 Å². The summed E-state index contributed by atoms with van der Waals surface area (Å²) in [5.74, 6) is -1.73. The van der Waals surface area contributed by atoms with Crippen LogP contribution in [0.2, 0.25) is 0 Å². The summed E-state index contributed by atoms with van der Waals surface area (Å²) in [6, 6.07) is 3.02. The van der Waals surface area contributed by atoms with Crippen molar-refractivity contribution in [3.8, 4) is 0 Å². The molecule has 0 unspecified atom stereocenters. The van der Waals surface area contributed by atoms with E-state index >= 15 is 0 Å². The molecule has 1 aromatic carbocycles. The van der Waals surface area contributed by atoms with Crippen LogP contribution in [0.4, 0.5) is 17.1 Å². The number of carbonyl (C=O) groups excluding carboxylic acids is 2. The number of ether oxygens (including phenoxy) is 3. The Morgan fingerprint density at radius 3 is 2.23 bits per heavy atom. The van der Waals surface area contributed by atoms with Crippen LogP contribution >= 0.6 is 0 Å². The molecule has 1 aliphatic heterocycles. The molecule has 12 nitrogen and oxygen atoms in total. The first-order chi connectivity index (χ1) is 12.3. The Labute approximate surface area is 145 Å². The Morgan fingerprint density at radius 1 is 1.08 bits per heavy atom. The van der Waals surface area contributed by atoms with E-state index in [1.165, 1.54) is 6.07 Å². The highest BCUT2D eigenvalue weighted by Gasteiger charge is 2.34. The summed E-state index contributed by atoms with van der Waals surface area (Å²) in [7, 11) is 2.20. The van der Waals surface area contributed by atoms with Gasteiger partial charge in [-0.05, 0) is 6.07 Å². The first kappa shape index (κ1) is 18.8. The van der Waals surface area contributed by atoms with Crippen LogP contribution in [-0.2, 0) is 23.8 Å². The average molecular weight is 367 g/mol. The van der Waals surface area contributed by atoms with Gasteiger partial charge in [0, 0.05) is 12.1 Å². The lowest BCUT2D eigenvalue weighted by Crippen LogP contribution is -2.38. The van der Waals surface area contributed by atoms with Crippen molar-refractivity contribution < 1.29 is 33.6 Å². The standard InChI is InChI=1S/C14H13N3O9/c1-24-13(18)9-6-26-7-15(12(9)14(19)25-2)8-3-4-10(16(20)21)11(5-8)17(22)23/h3-5H,6-7H2,1-2H3. The Hall–Kier alpha value is -3.54. The molecule has 0 spiro atoms. The lowest BCUT2D eigenvalue weighted by Gasteiger charge is -2.31. The molecule has 0 saturated carbocycles. The number of rotatable bonds is 5. The maximum Gasteiger partial charge on any atom is 0.355 e. The van der Waals surface area contributed by atoms with Gasteiger partial charge in [-0.3, -0.25) is 20.2 Å². The van der Waals surface area contributed by atoms with E-state index in [1.807, 2.05) is 0 Å². The monoisotopic (exact) mass is 367 g/mol. The van der Waals surface area contributed by atoms with Gasteiger partial charge in [0.05, 0.1) is 41.9 Å². The number of nitrogens with zero attached hydrogens (tertiary/aromatic N) is 3. The second kappa shape index (κ2) is 7.57. The molecular weight excluding hydrogens is 354 g/mol. The quantitative estimate of drug-likeness (QED) is 0.417. The first-order valence-electron chi connectivity index (χ1n) is 6.99. The van der Waals surface area contributed by atoms with Crippen molar-refractivity contribution in [2.75, 3.05) is 32.5 Å². The molecule has 0 amide bonds. The van der Waals surface area contributed by atoms with Crippen LogP contribution in [0.25, 0.3) is 0 Å². The van der Waals surface area contributed by atoms with Gasteiger partial charge in [0.15, 0.2) is 0 Å². The molecule has 0 saturated heterocycles. The Morgan fingerprint density at radius 2 is 1.69 bits per heavy atom. The van der Waals surface area contributed by atoms with Gasteiger partial charge in [-0.2, -0.15) is 0 Å². The van der Waals surface area contributed by atoms with Crippen molar-refractivity contribution in [1.82, 2.24) is 0 Å². The number of methoxy groups -OCH3 is 2. The third-order valence-corrected chi connectivity index (χ3v) is 3.50. The number of carbonyl (C=O) groups is 2. The molecule has 0 radical (unpaired) electrons. The van der Waals surface area contributed by atoms with Crippen LogP contribution in [0.15, 0.2) is 29.5 Å². The molecule has 0 N–H and O–H groups in total. The minimum absolute atomic E-state index is 0.0313. The van der Waals surface area contributed by atoms with E-state index in [4.69, 9.17) is 4.74 Å². The highest BCUT2D eigenvalue weighted by Crippen LogP contribution is 2.34. The summed E-state index contributed by atoms with van der Waals surface area (Å²) in [5.41, 5.74) is -1.83. The van der Waals surface area contributed by atoms with Crippen molar-refractivity contribution in [2.24, 2.45) is 0 Å². The minimum Gasteiger partial charge on any atom is -0.466 e. The zero-order valence-corrected chi connectivity index (χ0v) is 13.7. The van der Waals surface area contributed by atoms with Crippen LogP contribution < -0.4 is 4.90 Å². The van der Waals surface area contributed by atoms with Crippen molar-refractivity contribution in [3.05, 3.63) is 49.7 Å². The lowest BCUT2D eigenvalue weighted by atomic mass is 10.1. The zero-order valence-electron chi connectivity index (χ0n) is 13.7. The van der Waals surface area contributed by atoms with Gasteiger partial charge in [-0.1, -0.05) is 0 Å². The summed E-state index contributed by atoms with van der Waals surface area (Å²) in [4.78, 5) is 45.4. The number of esters is 2. The highest BCUT2D eigenvalue weighted by molar-refractivity contribution is 6.03. The van der Waals surface area contributed by atoms with Crippen molar-refractivity contribution in [2.45, 2.75) is 0 Å². The first-order valence-corrected chi connectivity index (χ1v) is 6.99. The zero-order chi connectivity index (χ0) is 19.4. The summed E-state index contributed by atoms with van der Waals surface area (Å²) in [6.45, 7) is -0.470. The number of nitro benzene ring substituents is 2. The van der Waals surface area contributed by atoms with Gasteiger partial charge in [0.2, 0.25) is 0 Å². The predicted molar refractivity (Wildman–Crippen MR) is 84.1 cm³/mol. The summed E-state index contributed by atoms with van der Waals surface area (Å²) < 4.78 is 14.5. The van der Waals surface area contributed by atoms with E-state index in [2.05, 4.69) is 9.47 Å². The van der Waals surface area contributed by atoms with Crippen LogP contribution in [0.5, 0.6) is 0 Å². The molecule has 0 bridgehead atoms. The van der Waals surface area contributed by atoms with Crippen LogP contribution in [0.1, 0.15) is 0 Å². The molecule has 12 heteroatoms. The summed E-state index contributed by atoms with van der Waals surface area (Å²) in [6.07, 6.45) is 0. The second-order valence-electron chi connectivity index (χ2n) is 4.90. The topological polar surface area (TPSA) is 151 Å². The fourth-order valence-corrected chi connectivity index (χ4v) is 2.33. The number of hydrogen-bond donors (Lipinski definition) is 0. The SMILES string of the molecule is COC(=O)C1=C(C(=O)OC)N(c2ccc([N+](=O)[O-])c([N+](=O)[O-])c2)COC1.